The minimum atomic E-state index is -2.73. The highest BCUT2D eigenvalue weighted by atomic mass is 32.3. The Kier molecular flexibility index (Phi) is 5.69. The number of anilines is 2. The third-order valence-electron chi connectivity index (χ3n) is 5.07. The highest BCUT2D eigenvalue weighted by Gasteiger charge is 2.23. The van der Waals surface area contributed by atoms with Crippen LogP contribution in [0.1, 0.15) is 25.9 Å². The molecule has 0 radical (unpaired) electrons. The van der Waals surface area contributed by atoms with Gasteiger partial charge in [-0.3, -0.25) is 18.5 Å². The monoisotopic (exact) mass is 411 g/mol. The summed E-state index contributed by atoms with van der Waals surface area (Å²) in [6, 6.07) is 5.72. The SMILES string of the molecule is Cc1cc(S(C)(O)O)ccc1Nc1ncc2c(n1)n(C1CCOCC1)n2C.O.[HH]. The van der Waals surface area contributed by atoms with Crippen molar-refractivity contribution in [3.63, 3.8) is 0 Å². The van der Waals surface area contributed by atoms with Gasteiger partial charge in [0.2, 0.25) is 5.95 Å². The number of nitrogens with one attached hydrogen (secondary N) is 1. The van der Waals surface area contributed by atoms with Crippen molar-refractivity contribution >= 4 is 33.4 Å². The average molecular weight is 412 g/mol. The van der Waals surface area contributed by atoms with Crippen molar-refractivity contribution < 1.29 is 20.7 Å². The highest BCUT2D eigenvalue weighted by Crippen LogP contribution is 2.45. The lowest BCUT2D eigenvalue weighted by atomic mass is 10.1. The quantitative estimate of drug-likeness (QED) is 0.604. The molecule has 28 heavy (non-hydrogen) atoms. The van der Waals surface area contributed by atoms with E-state index in [-0.39, 0.29) is 6.90 Å². The second-order valence-corrected chi connectivity index (χ2v) is 9.19. The summed E-state index contributed by atoms with van der Waals surface area (Å²) >= 11 is 0. The van der Waals surface area contributed by atoms with Gasteiger partial charge in [-0.1, -0.05) is 0 Å². The van der Waals surface area contributed by atoms with Crippen molar-refractivity contribution in [1.29, 1.82) is 0 Å². The second-order valence-electron chi connectivity index (χ2n) is 7.05. The molecule has 0 atom stereocenters. The zero-order valence-electron chi connectivity index (χ0n) is 16.2. The average Bonchev–Trinajstić information content (AvgIpc) is 2.63. The van der Waals surface area contributed by atoms with E-state index in [0.29, 0.717) is 16.9 Å². The van der Waals surface area contributed by atoms with E-state index in [1.165, 1.54) is 6.26 Å². The molecule has 10 heteroatoms. The van der Waals surface area contributed by atoms with Crippen LogP contribution in [0.2, 0.25) is 0 Å². The maximum Gasteiger partial charge on any atom is 0.229 e. The van der Waals surface area contributed by atoms with Gasteiger partial charge in [0.15, 0.2) is 5.65 Å². The summed E-state index contributed by atoms with van der Waals surface area (Å²) in [7, 11) is -0.697. The van der Waals surface area contributed by atoms with Crippen LogP contribution in [0.15, 0.2) is 29.3 Å². The fourth-order valence-electron chi connectivity index (χ4n) is 3.52. The van der Waals surface area contributed by atoms with Gasteiger partial charge in [-0.25, -0.2) is 4.98 Å². The van der Waals surface area contributed by atoms with E-state index in [2.05, 4.69) is 19.7 Å². The third kappa shape index (κ3) is 3.74. The summed E-state index contributed by atoms with van der Waals surface area (Å²) in [4.78, 5) is 9.64. The smallest absolute Gasteiger partial charge is 0.229 e. The minimum Gasteiger partial charge on any atom is -0.412 e. The Hall–Kier alpha value is -2.11. The summed E-state index contributed by atoms with van der Waals surface area (Å²) in [5, 5.41) is 3.25. The van der Waals surface area contributed by atoms with Crippen molar-refractivity contribution in [2.45, 2.75) is 30.7 Å². The number of nitrogens with zero attached hydrogens (tertiary/aromatic N) is 4. The molecule has 0 bridgehead atoms. The lowest BCUT2D eigenvalue weighted by Gasteiger charge is -2.32. The Morgan fingerprint density at radius 3 is 2.64 bits per heavy atom. The highest BCUT2D eigenvalue weighted by molar-refractivity contribution is 8.23. The Morgan fingerprint density at radius 2 is 2.00 bits per heavy atom. The Balaban J connectivity index is 0.00000150. The molecular formula is C18H29N5O4S. The van der Waals surface area contributed by atoms with E-state index in [4.69, 9.17) is 9.72 Å². The van der Waals surface area contributed by atoms with Crippen LogP contribution >= 0.6 is 10.6 Å². The molecule has 0 aliphatic carbocycles. The van der Waals surface area contributed by atoms with Crippen molar-refractivity contribution in [2.75, 3.05) is 24.8 Å². The minimum absolute atomic E-state index is 0. The molecule has 3 heterocycles. The normalized spacial score (nSPS) is 16.2. The fraction of sp³-hybridized carbons (Fsp3) is 0.444. The Labute approximate surface area is 166 Å². The molecule has 9 nitrogen and oxygen atoms in total. The van der Waals surface area contributed by atoms with Crippen LogP contribution in [0.25, 0.3) is 11.2 Å². The van der Waals surface area contributed by atoms with E-state index in [1.54, 1.807) is 12.1 Å². The van der Waals surface area contributed by atoms with Crippen LogP contribution in [0.4, 0.5) is 11.6 Å². The van der Waals surface area contributed by atoms with Gasteiger partial charge >= 0.3 is 0 Å². The standard InChI is InChI=1S/C18H25N5O3S.H2O.H2/c1-12-10-14(27(3,24)25)4-5-15(12)20-18-19-11-16-17(21-18)23(22(16)2)13-6-8-26-9-7-13;;/h4-5,10-11,13,24-25H,6-9H2,1-3H3,(H,19,20,21);1H2;1H. The lowest BCUT2D eigenvalue weighted by Crippen LogP contribution is -2.30. The number of hydrogen-bond acceptors (Lipinski definition) is 6. The number of hydrogen-bond donors (Lipinski definition) is 3. The first kappa shape index (κ1) is 20.6. The van der Waals surface area contributed by atoms with Crippen LogP contribution < -0.4 is 5.32 Å². The van der Waals surface area contributed by atoms with E-state index >= 15 is 0 Å². The number of benzene rings is 1. The first-order valence-electron chi connectivity index (χ1n) is 8.93. The van der Waals surface area contributed by atoms with Crippen molar-refractivity contribution in [2.24, 2.45) is 7.05 Å². The predicted molar refractivity (Wildman–Crippen MR) is 113 cm³/mol. The lowest BCUT2D eigenvalue weighted by molar-refractivity contribution is 0.0631. The van der Waals surface area contributed by atoms with Gasteiger partial charge in [0, 0.05) is 33.6 Å². The Morgan fingerprint density at radius 1 is 1.29 bits per heavy atom. The molecule has 3 aromatic rings. The van der Waals surface area contributed by atoms with Gasteiger partial charge in [0.1, 0.15) is 5.52 Å². The van der Waals surface area contributed by atoms with Crippen molar-refractivity contribution in [3.05, 3.63) is 30.0 Å². The van der Waals surface area contributed by atoms with Crippen molar-refractivity contribution in [3.8, 4) is 0 Å². The Bertz CT molecular complexity index is 979. The van der Waals surface area contributed by atoms with E-state index in [1.807, 2.05) is 26.2 Å². The predicted octanol–water partition coefficient (Wildman–Crippen LogP) is 3.33. The van der Waals surface area contributed by atoms with Crippen LogP contribution in [-0.4, -0.2) is 53.4 Å². The molecule has 156 valence electrons. The van der Waals surface area contributed by atoms with Crippen LogP contribution in [0.5, 0.6) is 0 Å². The maximum atomic E-state index is 9.82. The molecule has 0 amide bonds. The number of rotatable bonds is 4. The molecule has 0 saturated carbocycles. The maximum absolute atomic E-state index is 9.82. The van der Waals surface area contributed by atoms with E-state index in [0.717, 1.165) is 48.5 Å². The molecule has 1 aromatic carbocycles. The molecule has 1 saturated heterocycles. The van der Waals surface area contributed by atoms with Crippen molar-refractivity contribution in [1.82, 2.24) is 19.3 Å². The molecule has 2 aromatic heterocycles. The second kappa shape index (κ2) is 7.72. The molecule has 5 N–H and O–H groups in total. The van der Waals surface area contributed by atoms with Crippen LogP contribution in [0, 0.1) is 6.92 Å². The van der Waals surface area contributed by atoms with Gasteiger partial charge in [0.25, 0.3) is 0 Å². The topological polar surface area (TPSA) is 129 Å². The fourth-order valence-corrected chi connectivity index (χ4v) is 4.25. The van der Waals surface area contributed by atoms with Gasteiger partial charge in [-0.2, -0.15) is 15.6 Å². The first-order valence-corrected chi connectivity index (χ1v) is 10.9. The number of fused-ring (bicyclic) bond motifs is 1. The summed E-state index contributed by atoms with van der Waals surface area (Å²) in [5.74, 6) is 0.526. The first-order chi connectivity index (χ1) is 12.8. The summed E-state index contributed by atoms with van der Waals surface area (Å²) in [6.45, 7) is 3.48. The molecule has 4 rings (SSSR count). The van der Waals surface area contributed by atoms with E-state index in [9.17, 15) is 9.11 Å². The molecule has 1 aliphatic rings. The van der Waals surface area contributed by atoms with Crippen LogP contribution in [-0.2, 0) is 11.8 Å². The summed E-state index contributed by atoms with van der Waals surface area (Å²) < 4.78 is 29.4. The van der Waals surface area contributed by atoms with Gasteiger partial charge in [-0.15, -0.1) is 0 Å². The summed E-state index contributed by atoms with van der Waals surface area (Å²) in [5.41, 5.74) is 3.68. The number of aryl methyl sites for hydroxylation is 2. The molecule has 0 unspecified atom stereocenters. The number of ether oxygens (including phenoxy) is 1. The summed E-state index contributed by atoms with van der Waals surface area (Å²) in [6.07, 6.45) is 5.23. The van der Waals surface area contributed by atoms with Crippen LogP contribution in [0.3, 0.4) is 0 Å². The van der Waals surface area contributed by atoms with E-state index < -0.39 is 10.6 Å². The zero-order valence-corrected chi connectivity index (χ0v) is 17.0. The van der Waals surface area contributed by atoms with Gasteiger partial charge in [-0.05, 0) is 43.5 Å². The third-order valence-corrected chi connectivity index (χ3v) is 6.21. The van der Waals surface area contributed by atoms with Gasteiger partial charge in [0.05, 0.1) is 17.1 Å². The zero-order chi connectivity index (χ0) is 19.2. The number of aromatic nitrogens is 4. The molecular weight excluding hydrogens is 382 g/mol. The molecule has 1 aliphatic heterocycles. The molecule has 1 fully saturated rings. The molecule has 0 spiro atoms. The largest absolute Gasteiger partial charge is 0.412 e. The van der Waals surface area contributed by atoms with Gasteiger partial charge < -0.3 is 15.5 Å².